The van der Waals surface area contributed by atoms with Gasteiger partial charge in [-0.15, -0.1) is 0 Å². The van der Waals surface area contributed by atoms with Gasteiger partial charge in [-0.05, 0) is 54.7 Å². The number of ketones is 1. The molecular weight excluding hydrogens is 388 g/mol. The average Bonchev–Trinajstić information content (AvgIpc) is 2.83. The van der Waals surface area contributed by atoms with E-state index in [2.05, 4.69) is 46.4 Å². The van der Waals surface area contributed by atoms with Crippen LogP contribution in [0.25, 0.3) is 33.4 Å². The summed E-state index contributed by atoms with van der Waals surface area (Å²) in [5.41, 5.74) is 6.40. The van der Waals surface area contributed by atoms with Crippen LogP contribution in [0.15, 0.2) is 72.9 Å². The number of aliphatic hydroxyl groups is 2. The van der Waals surface area contributed by atoms with Gasteiger partial charge in [0.25, 0.3) is 0 Å². The number of pyridine rings is 2. The molecule has 0 saturated carbocycles. The van der Waals surface area contributed by atoms with Crippen LogP contribution in [0.4, 0.5) is 0 Å². The maximum absolute atomic E-state index is 12.1. The van der Waals surface area contributed by atoms with Crippen LogP contribution < -0.4 is 0 Å². The summed E-state index contributed by atoms with van der Waals surface area (Å²) >= 11 is 0. The first kappa shape index (κ1) is 22.3. The predicted octanol–water partition coefficient (Wildman–Crippen LogP) is 4.70. The van der Waals surface area contributed by atoms with Crippen molar-refractivity contribution in [2.75, 3.05) is 13.7 Å². The van der Waals surface area contributed by atoms with Crippen molar-refractivity contribution >= 4 is 16.8 Å². The molecule has 0 radical (unpaired) electrons. The van der Waals surface area contributed by atoms with Gasteiger partial charge in [0.2, 0.25) is 0 Å². The summed E-state index contributed by atoms with van der Waals surface area (Å²) in [6, 6.07) is 22.1. The Morgan fingerprint density at radius 3 is 2.13 bits per heavy atom. The minimum absolute atomic E-state index is 0.00422. The third-order valence-corrected chi connectivity index (χ3v) is 5.06. The fraction of sp³-hybridized carbons (Fsp3) is 0.192. The Kier molecular flexibility index (Phi) is 7.60. The van der Waals surface area contributed by atoms with Crippen molar-refractivity contribution in [3.8, 4) is 22.4 Å². The third-order valence-electron chi connectivity index (χ3n) is 5.06. The molecule has 0 unspecified atom stereocenters. The molecule has 0 aliphatic rings. The number of aromatic nitrogens is 2. The van der Waals surface area contributed by atoms with Gasteiger partial charge in [0.1, 0.15) is 0 Å². The summed E-state index contributed by atoms with van der Waals surface area (Å²) in [6.45, 7) is 1.78. The molecule has 31 heavy (non-hydrogen) atoms. The average molecular weight is 415 g/mol. The Hall–Kier alpha value is -3.41. The SMILES string of the molecule is CC(=O)c1cc(-c2ccc(-c3ccc(CCCO)cc3)cc2)nc2ncccc12.CO. The number of carbonyl (C=O) groups is 1. The number of hydrogen-bond acceptors (Lipinski definition) is 5. The van der Waals surface area contributed by atoms with E-state index < -0.39 is 0 Å². The van der Waals surface area contributed by atoms with Crippen LogP contribution in [0.1, 0.15) is 29.3 Å². The number of hydrogen-bond donors (Lipinski definition) is 2. The number of fused-ring (bicyclic) bond motifs is 1. The van der Waals surface area contributed by atoms with Gasteiger partial charge in [-0.2, -0.15) is 0 Å². The lowest BCUT2D eigenvalue weighted by atomic mass is 9.99. The zero-order valence-corrected chi connectivity index (χ0v) is 17.7. The number of rotatable bonds is 6. The highest BCUT2D eigenvalue weighted by Crippen LogP contribution is 2.27. The minimum Gasteiger partial charge on any atom is -0.400 e. The molecule has 5 heteroatoms. The first-order valence-electron chi connectivity index (χ1n) is 10.2. The number of carbonyl (C=O) groups excluding carboxylic acids is 1. The van der Waals surface area contributed by atoms with E-state index in [-0.39, 0.29) is 12.4 Å². The first-order chi connectivity index (χ1) is 15.2. The number of aryl methyl sites for hydroxylation is 1. The van der Waals surface area contributed by atoms with E-state index in [4.69, 9.17) is 10.2 Å². The molecule has 0 bridgehead atoms. The van der Waals surface area contributed by atoms with Crippen molar-refractivity contribution in [2.24, 2.45) is 0 Å². The van der Waals surface area contributed by atoms with Crippen LogP contribution in [-0.2, 0) is 6.42 Å². The molecular formula is C26H26N2O3. The van der Waals surface area contributed by atoms with Gasteiger partial charge in [0.15, 0.2) is 11.4 Å². The lowest BCUT2D eigenvalue weighted by Gasteiger charge is -2.09. The standard InChI is InChI=1S/C25H22N2O2.CH4O/c1-17(29)23-16-24(27-25-22(23)5-2-14-26-25)21-12-10-20(11-13-21)19-8-6-18(7-9-19)4-3-15-28;1-2/h2,5-14,16,28H,3-4,15H2,1H3;2H,1H3. The van der Waals surface area contributed by atoms with E-state index in [1.54, 1.807) is 13.1 Å². The topological polar surface area (TPSA) is 83.3 Å². The first-order valence-corrected chi connectivity index (χ1v) is 10.2. The summed E-state index contributed by atoms with van der Waals surface area (Å²) in [6.07, 6.45) is 3.36. The minimum atomic E-state index is 0.00422. The number of benzene rings is 2. The molecule has 0 aliphatic heterocycles. The van der Waals surface area contributed by atoms with Crippen molar-refractivity contribution in [3.63, 3.8) is 0 Å². The van der Waals surface area contributed by atoms with E-state index in [0.717, 1.165) is 47.7 Å². The summed E-state index contributed by atoms with van der Waals surface area (Å²) < 4.78 is 0. The Morgan fingerprint density at radius 1 is 0.903 bits per heavy atom. The molecule has 5 nitrogen and oxygen atoms in total. The van der Waals surface area contributed by atoms with Crippen LogP contribution in [0, 0.1) is 0 Å². The van der Waals surface area contributed by atoms with Gasteiger partial charge in [0.05, 0.1) is 5.69 Å². The zero-order chi connectivity index (χ0) is 22.2. The van der Waals surface area contributed by atoms with Crippen molar-refractivity contribution in [1.29, 1.82) is 0 Å². The maximum Gasteiger partial charge on any atom is 0.160 e. The van der Waals surface area contributed by atoms with E-state index in [1.807, 2.05) is 30.3 Å². The normalized spacial score (nSPS) is 10.5. The van der Waals surface area contributed by atoms with E-state index >= 15 is 0 Å². The Morgan fingerprint density at radius 2 is 1.52 bits per heavy atom. The van der Waals surface area contributed by atoms with E-state index in [0.29, 0.717) is 11.2 Å². The van der Waals surface area contributed by atoms with Gasteiger partial charge < -0.3 is 10.2 Å². The highest BCUT2D eigenvalue weighted by atomic mass is 16.3. The van der Waals surface area contributed by atoms with Crippen molar-refractivity contribution in [1.82, 2.24) is 9.97 Å². The molecule has 2 aromatic carbocycles. The molecule has 2 aromatic heterocycles. The van der Waals surface area contributed by atoms with Crippen LogP contribution >= 0.6 is 0 Å². The van der Waals surface area contributed by atoms with Gasteiger partial charge in [-0.25, -0.2) is 9.97 Å². The highest BCUT2D eigenvalue weighted by molar-refractivity contribution is 6.06. The molecule has 0 aliphatic carbocycles. The molecule has 4 rings (SSSR count). The second-order valence-corrected chi connectivity index (χ2v) is 7.09. The second kappa shape index (κ2) is 10.6. The molecule has 2 heterocycles. The Balaban J connectivity index is 0.00000132. The summed E-state index contributed by atoms with van der Waals surface area (Å²) in [5, 5.41) is 16.7. The highest BCUT2D eigenvalue weighted by Gasteiger charge is 2.11. The van der Waals surface area contributed by atoms with E-state index in [9.17, 15) is 4.79 Å². The van der Waals surface area contributed by atoms with Crippen LogP contribution in [0.2, 0.25) is 0 Å². The molecule has 2 N–H and O–H groups in total. The lowest BCUT2D eigenvalue weighted by molar-refractivity contribution is 0.101. The van der Waals surface area contributed by atoms with Gasteiger partial charge in [-0.3, -0.25) is 4.79 Å². The summed E-state index contributed by atoms with van der Waals surface area (Å²) in [4.78, 5) is 21.1. The van der Waals surface area contributed by atoms with Gasteiger partial charge in [0, 0.05) is 36.4 Å². The zero-order valence-electron chi connectivity index (χ0n) is 17.7. The number of aliphatic hydroxyl groups excluding tert-OH is 2. The Bertz CT molecular complexity index is 1150. The molecule has 0 spiro atoms. The monoisotopic (exact) mass is 414 g/mol. The number of nitrogens with zero attached hydrogens (tertiary/aromatic N) is 2. The number of Topliss-reactive ketones (excluding diaryl/α,β-unsaturated/α-hetero) is 1. The predicted molar refractivity (Wildman–Crippen MR) is 124 cm³/mol. The van der Waals surface area contributed by atoms with Gasteiger partial charge >= 0.3 is 0 Å². The molecule has 0 saturated heterocycles. The third kappa shape index (κ3) is 5.20. The fourth-order valence-corrected chi connectivity index (χ4v) is 3.48. The van der Waals surface area contributed by atoms with Gasteiger partial charge in [-0.1, -0.05) is 48.5 Å². The Labute approximate surface area is 182 Å². The fourth-order valence-electron chi connectivity index (χ4n) is 3.48. The summed E-state index contributed by atoms with van der Waals surface area (Å²) in [5.74, 6) is 0.00422. The molecule has 0 atom stereocenters. The van der Waals surface area contributed by atoms with Crippen molar-refractivity contribution in [3.05, 3.63) is 84.1 Å². The quantitative estimate of drug-likeness (QED) is 0.447. The van der Waals surface area contributed by atoms with E-state index in [1.165, 1.54) is 5.56 Å². The van der Waals surface area contributed by atoms with Crippen molar-refractivity contribution < 1.29 is 15.0 Å². The molecule has 0 amide bonds. The lowest BCUT2D eigenvalue weighted by Crippen LogP contribution is -1.98. The van der Waals surface area contributed by atoms with Crippen molar-refractivity contribution in [2.45, 2.75) is 19.8 Å². The smallest absolute Gasteiger partial charge is 0.160 e. The second-order valence-electron chi connectivity index (χ2n) is 7.09. The summed E-state index contributed by atoms with van der Waals surface area (Å²) in [7, 11) is 1.00. The van der Waals surface area contributed by atoms with Crippen LogP contribution in [0.3, 0.4) is 0 Å². The largest absolute Gasteiger partial charge is 0.400 e. The maximum atomic E-state index is 12.1. The molecule has 4 aromatic rings. The molecule has 158 valence electrons. The van der Waals surface area contributed by atoms with Crippen LogP contribution in [-0.4, -0.2) is 39.7 Å². The molecule has 0 fully saturated rings. The van der Waals surface area contributed by atoms with Crippen LogP contribution in [0.5, 0.6) is 0 Å².